The van der Waals surface area contributed by atoms with Gasteiger partial charge in [0.15, 0.2) is 0 Å². The van der Waals surface area contributed by atoms with Gasteiger partial charge in [0.2, 0.25) is 0 Å². The molecule has 0 saturated carbocycles. The number of phenols is 1. The molecule has 0 amide bonds. The number of hydrogen-bond donors (Lipinski definition) is 1. The maximum atomic E-state index is 9.57. The summed E-state index contributed by atoms with van der Waals surface area (Å²) in [6, 6.07) is 9.05. The molecular formula is C10H6BrClO. The maximum absolute atomic E-state index is 9.57. The zero-order valence-corrected chi connectivity index (χ0v) is 8.93. The molecule has 0 fully saturated rings. The molecular weight excluding hydrogens is 251 g/mol. The van der Waals surface area contributed by atoms with Gasteiger partial charge in [0, 0.05) is 14.9 Å². The van der Waals surface area contributed by atoms with Gasteiger partial charge >= 0.3 is 0 Å². The van der Waals surface area contributed by atoms with E-state index in [9.17, 15) is 5.11 Å². The molecule has 0 heterocycles. The number of rotatable bonds is 0. The van der Waals surface area contributed by atoms with Crippen molar-refractivity contribution in [3.8, 4) is 5.75 Å². The van der Waals surface area contributed by atoms with Gasteiger partial charge in [-0.1, -0.05) is 33.6 Å². The Balaban J connectivity index is 2.87. The molecule has 0 unspecified atom stereocenters. The van der Waals surface area contributed by atoms with Gasteiger partial charge in [-0.15, -0.1) is 0 Å². The van der Waals surface area contributed by atoms with E-state index in [0.29, 0.717) is 5.02 Å². The van der Waals surface area contributed by atoms with Crippen molar-refractivity contribution in [2.24, 2.45) is 0 Å². The van der Waals surface area contributed by atoms with Crippen molar-refractivity contribution >= 4 is 38.3 Å². The van der Waals surface area contributed by atoms with Gasteiger partial charge < -0.3 is 5.11 Å². The summed E-state index contributed by atoms with van der Waals surface area (Å²) in [5, 5.41) is 11.9. The van der Waals surface area contributed by atoms with Gasteiger partial charge in [-0.3, -0.25) is 0 Å². The van der Waals surface area contributed by atoms with E-state index in [1.54, 1.807) is 0 Å². The fraction of sp³-hybridized carbons (Fsp3) is 0. The number of fused-ring (bicyclic) bond motifs is 1. The molecule has 2 aromatic carbocycles. The summed E-state index contributed by atoms with van der Waals surface area (Å²) >= 11 is 9.13. The molecule has 66 valence electrons. The van der Waals surface area contributed by atoms with Gasteiger partial charge in [-0.25, -0.2) is 0 Å². The number of hydrogen-bond acceptors (Lipinski definition) is 1. The SMILES string of the molecule is Oc1cc(Cl)cc2ccc(Br)cc12. The first kappa shape index (κ1) is 8.85. The minimum atomic E-state index is 0.212. The molecule has 0 spiro atoms. The highest BCUT2D eigenvalue weighted by atomic mass is 79.9. The summed E-state index contributed by atoms with van der Waals surface area (Å²) in [6.07, 6.45) is 0. The summed E-state index contributed by atoms with van der Waals surface area (Å²) in [5.41, 5.74) is 0. The third-order valence-electron chi connectivity index (χ3n) is 1.86. The standard InChI is InChI=1S/C10H6BrClO/c11-7-2-1-6-3-8(12)5-10(13)9(6)4-7/h1-5,13H. The van der Waals surface area contributed by atoms with E-state index in [1.807, 2.05) is 24.3 Å². The normalized spacial score (nSPS) is 10.6. The summed E-state index contributed by atoms with van der Waals surface area (Å²) in [7, 11) is 0. The molecule has 0 radical (unpaired) electrons. The van der Waals surface area contributed by atoms with Crippen LogP contribution in [0.5, 0.6) is 5.75 Å². The van der Waals surface area contributed by atoms with Gasteiger partial charge in [-0.2, -0.15) is 0 Å². The lowest BCUT2D eigenvalue weighted by Gasteiger charge is -2.02. The Morgan fingerprint density at radius 2 is 1.92 bits per heavy atom. The van der Waals surface area contributed by atoms with Crippen LogP contribution in [0.4, 0.5) is 0 Å². The molecule has 0 aliphatic heterocycles. The quantitative estimate of drug-likeness (QED) is 0.757. The van der Waals surface area contributed by atoms with Crippen LogP contribution in [-0.2, 0) is 0 Å². The smallest absolute Gasteiger partial charge is 0.124 e. The summed E-state index contributed by atoms with van der Waals surface area (Å²) < 4.78 is 0.942. The van der Waals surface area contributed by atoms with Crippen molar-refractivity contribution in [2.45, 2.75) is 0 Å². The van der Waals surface area contributed by atoms with Crippen molar-refractivity contribution in [3.63, 3.8) is 0 Å². The number of aromatic hydroxyl groups is 1. The minimum Gasteiger partial charge on any atom is -0.507 e. The molecule has 0 atom stereocenters. The first-order valence-corrected chi connectivity index (χ1v) is 4.92. The predicted molar refractivity (Wildman–Crippen MR) is 58.3 cm³/mol. The fourth-order valence-electron chi connectivity index (χ4n) is 1.27. The van der Waals surface area contributed by atoms with E-state index in [-0.39, 0.29) is 5.75 Å². The fourth-order valence-corrected chi connectivity index (χ4v) is 1.86. The highest BCUT2D eigenvalue weighted by Crippen LogP contribution is 2.30. The van der Waals surface area contributed by atoms with E-state index < -0.39 is 0 Å². The van der Waals surface area contributed by atoms with Gasteiger partial charge in [0.1, 0.15) is 5.75 Å². The molecule has 0 aliphatic carbocycles. The summed E-state index contributed by atoms with van der Waals surface area (Å²) in [5.74, 6) is 0.212. The first-order valence-electron chi connectivity index (χ1n) is 3.74. The Morgan fingerprint density at radius 3 is 2.69 bits per heavy atom. The summed E-state index contributed by atoms with van der Waals surface area (Å²) in [6.45, 7) is 0. The Labute approximate surface area is 89.1 Å². The topological polar surface area (TPSA) is 20.2 Å². The molecule has 0 aromatic heterocycles. The highest BCUT2D eigenvalue weighted by Gasteiger charge is 2.01. The molecule has 0 aliphatic rings. The van der Waals surface area contributed by atoms with Crippen LogP contribution >= 0.6 is 27.5 Å². The molecule has 2 rings (SSSR count). The van der Waals surface area contributed by atoms with Crippen LogP contribution in [-0.4, -0.2) is 5.11 Å². The van der Waals surface area contributed by atoms with Crippen molar-refractivity contribution in [1.29, 1.82) is 0 Å². The van der Waals surface area contributed by atoms with Crippen LogP contribution in [0.1, 0.15) is 0 Å². The Morgan fingerprint density at radius 1 is 1.15 bits per heavy atom. The Bertz CT molecular complexity index is 468. The van der Waals surface area contributed by atoms with Gasteiger partial charge in [0.25, 0.3) is 0 Å². The molecule has 3 heteroatoms. The van der Waals surface area contributed by atoms with Crippen LogP contribution in [0, 0.1) is 0 Å². The van der Waals surface area contributed by atoms with Crippen LogP contribution in [0.2, 0.25) is 5.02 Å². The largest absolute Gasteiger partial charge is 0.507 e. The van der Waals surface area contributed by atoms with E-state index in [1.165, 1.54) is 6.07 Å². The molecule has 2 aromatic rings. The van der Waals surface area contributed by atoms with E-state index >= 15 is 0 Å². The molecule has 1 nitrogen and oxygen atoms in total. The maximum Gasteiger partial charge on any atom is 0.124 e. The molecule has 0 bridgehead atoms. The highest BCUT2D eigenvalue weighted by molar-refractivity contribution is 9.10. The van der Waals surface area contributed by atoms with Crippen LogP contribution < -0.4 is 0 Å². The number of halogens is 2. The van der Waals surface area contributed by atoms with Crippen molar-refractivity contribution < 1.29 is 5.11 Å². The molecule has 1 N–H and O–H groups in total. The van der Waals surface area contributed by atoms with E-state index in [2.05, 4.69) is 15.9 Å². The second-order valence-electron chi connectivity index (χ2n) is 2.79. The molecule has 13 heavy (non-hydrogen) atoms. The third kappa shape index (κ3) is 1.64. The lowest BCUT2D eigenvalue weighted by Crippen LogP contribution is -1.75. The average Bonchev–Trinajstić information content (AvgIpc) is 2.06. The molecule has 0 saturated heterocycles. The van der Waals surface area contributed by atoms with Crippen LogP contribution in [0.15, 0.2) is 34.8 Å². The monoisotopic (exact) mass is 256 g/mol. The van der Waals surface area contributed by atoms with Crippen molar-refractivity contribution in [3.05, 3.63) is 39.8 Å². The van der Waals surface area contributed by atoms with Gasteiger partial charge in [-0.05, 0) is 29.7 Å². The van der Waals surface area contributed by atoms with Crippen LogP contribution in [0.3, 0.4) is 0 Å². The lowest BCUT2D eigenvalue weighted by molar-refractivity contribution is 0.481. The predicted octanol–water partition coefficient (Wildman–Crippen LogP) is 3.96. The third-order valence-corrected chi connectivity index (χ3v) is 2.57. The Kier molecular flexibility index (Phi) is 2.18. The van der Waals surface area contributed by atoms with Gasteiger partial charge in [0.05, 0.1) is 0 Å². The van der Waals surface area contributed by atoms with E-state index in [4.69, 9.17) is 11.6 Å². The zero-order valence-electron chi connectivity index (χ0n) is 6.59. The van der Waals surface area contributed by atoms with E-state index in [0.717, 1.165) is 15.2 Å². The number of benzene rings is 2. The minimum absolute atomic E-state index is 0.212. The average molecular weight is 258 g/mol. The zero-order chi connectivity index (χ0) is 9.42. The summed E-state index contributed by atoms with van der Waals surface area (Å²) in [4.78, 5) is 0. The van der Waals surface area contributed by atoms with Crippen molar-refractivity contribution in [1.82, 2.24) is 0 Å². The van der Waals surface area contributed by atoms with Crippen molar-refractivity contribution in [2.75, 3.05) is 0 Å². The second kappa shape index (κ2) is 3.20. The Hall–Kier alpha value is -0.730. The first-order chi connectivity index (χ1) is 6.16. The number of phenolic OH excluding ortho intramolecular Hbond substituents is 1. The van der Waals surface area contributed by atoms with Crippen LogP contribution in [0.25, 0.3) is 10.8 Å². The second-order valence-corrected chi connectivity index (χ2v) is 4.14. The lowest BCUT2D eigenvalue weighted by atomic mass is 10.1.